The molecule has 0 aliphatic heterocycles. The fourth-order valence-electron chi connectivity index (χ4n) is 1.95. The Kier molecular flexibility index (Phi) is 4.95. The van der Waals surface area contributed by atoms with Gasteiger partial charge in [0.1, 0.15) is 5.82 Å². The summed E-state index contributed by atoms with van der Waals surface area (Å²) in [4.78, 5) is 22.2. The van der Waals surface area contributed by atoms with Gasteiger partial charge in [0.15, 0.2) is 0 Å². The van der Waals surface area contributed by atoms with Gasteiger partial charge in [0.05, 0.1) is 34.3 Å². The summed E-state index contributed by atoms with van der Waals surface area (Å²) in [6, 6.07) is 5.20. The molecule has 7 nitrogen and oxygen atoms in total. The Morgan fingerprint density at radius 3 is 2.78 bits per heavy atom. The summed E-state index contributed by atoms with van der Waals surface area (Å²) in [5.41, 5.74) is 0.956. The van der Waals surface area contributed by atoms with Crippen LogP contribution in [-0.4, -0.2) is 20.6 Å². The first kappa shape index (κ1) is 16.9. The summed E-state index contributed by atoms with van der Waals surface area (Å²) in [5, 5.41) is 17.1. The van der Waals surface area contributed by atoms with E-state index in [0.29, 0.717) is 11.4 Å². The fourth-order valence-corrected chi connectivity index (χ4v) is 2.13. The van der Waals surface area contributed by atoms with E-state index in [1.807, 2.05) is 0 Å². The predicted octanol–water partition coefficient (Wildman–Crippen LogP) is 3.17. The minimum Gasteiger partial charge on any atom is -0.358 e. The third-order valence-electron chi connectivity index (χ3n) is 3.24. The van der Waals surface area contributed by atoms with Crippen molar-refractivity contribution in [3.63, 3.8) is 0 Å². The minimum absolute atomic E-state index is 0.0889. The highest BCUT2D eigenvalue weighted by Gasteiger charge is 2.21. The topological polar surface area (TPSA) is 90.1 Å². The van der Waals surface area contributed by atoms with Crippen molar-refractivity contribution in [2.45, 2.75) is 20.4 Å². The maximum Gasteiger partial charge on any atom is 0.390 e. The molecule has 0 aliphatic carbocycles. The van der Waals surface area contributed by atoms with Crippen molar-refractivity contribution in [3.05, 3.63) is 50.9 Å². The molecule has 1 amide bonds. The molecule has 1 aromatic heterocycles. The number of halogens is 2. The molecule has 9 heteroatoms. The smallest absolute Gasteiger partial charge is 0.358 e. The number of carbonyl (C=O) groups excluding carboxylic acids is 1. The molecular formula is C14H14ClFN4O3. The average Bonchev–Trinajstić information content (AvgIpc) is 2.84. The molecule has 2 aromatic rings. The van der Waals surface area contributed by atoms with Crippen LogP contribution >= 0.6 is 11.6 Å². The van der Waals surface area contributed by atoms with E-state index in [1.54, 1.807) is 13.8 Å². The maximum absolute atomic E-state index is 13.1. The van der Waals surface area contributed by atoms with Gasteiger partial charge in [-0.05, 0) is 30.0 Å². The zero-order chi connectivity index (χ0) is 17.1. The number of rotatable bonds is 5. The van der Waals surface area contributed by atoms with Crippen molar-refractivity contribution < 1.29 is 14.1 Å². The van der Waals surface area contributed by atoms with Crippen molar-refractivity contribution in [2.75, 3.05) is 5.32 Å². The number of nitro groups is 1. The van der Waals surface area contributed by atoms with Crippen molar-refractivity contribution in [1.29, 1.82) is 0 Å². The molecule has 0 bridgehead atoms. The summed E-state index contributed by atoms with van der Waals surface area (Å²) in [5.74, 6) is -1.67. The number of nitrogens with one attached hydrogen (secondary N) is 1. The molecule has 23 heavy (non-hydrogen) atoms. The van der Waals surface area contributed by atoms with Crippen LogP contribution in [-0.2, 0) is 11.3 Å². The first-order chi connectivity index (χ1) is 10.8. The van der Waals surface area contributed by atoms with Gasteiger partial charge < -0.3 is 15.4 Å². The van der Waals surface area contributed by atoms with E-state index in [2.05, 4.69) is 10.4 Å². The normalized spacial score (nSPS) is 12.0. The summed E-state index contributed by atoms with van der Waals surface area (Å²) < 4.78 is 14.5. The van der Waals surface area contributed by atoms with Crippen LogP contribution in [0, 0.1) is 28.8 Å². The Morgan fingerprint density at radius 1 is 1.52 bits per heavy atom. The molecule has 0 spiro atoms. The molecule has 0 unspecified atom stereocenters. The number of aryl methyl sites for hydroxylation is 1. The lowest BCUT2D eigenvalue weighted by molar-refractivity contribution is -0.389. The number of hydrogen-bond donors (Lipinski definition) is 1. The average molecular weight is 341 g/mol. The number of hydrogen-bond acceptors (Lipinski definition) is 4. The summed E-state index contributed by atoms with van der Waals surface area (Å²) in [6.45, 7) is 3.51. The first-order valence-electron chi connectivity index (χ1n) is 6.72. The molecule has 0 saturated carbocycles. The number of amides is 1. The van der Waals surface area contributed by atoms with Gasteiger partial charge in [-0.2, -0.15) is 4.68 Å². The molecule has 0 saturated heterocycles. The Bertz CT molecular complexity index is 762. The Morgan fingerprint density at radius 2 is 2.22 bits per heavy atom. The third-order valence-corrected chi connectivity index (χ3v) is 3.53. The van der Waals surface area contributed by atoms with Crippen LogP contribution in [0.2, 0.25) is 5.02 Å². The molecule has 1 aromatic carbocycles. The lowest BCUT2D eigenvalue weighted by Crippen LogP contribution is -2.25. The van der Waals surface area contributed by atoms with Crippen molar-refractivity contribution in [3.8, 4) is 0 Å². The van der Waals surface area contributed by atoms with E-state index < -0.39 is 16.7 Å². The summed E-state index contributed by atoms with van der Waals surface area (Å²) in [7, 11) is 0. The van der Waals surface area contributed by atoms with Gasteiger partial charge in [-0.15, -0.1) is 0 Å². The molecule has 122 valence electrons. The van der Waals surface area contributed by atoms with E-state index >= 15 is 0 Å². The van der Waals surface area contributed by atoms with Crippen molar-refractivity contribution in [2.24, 2.45) is 5.92 Å². The second-order valence-electron chi connectivity index (χ2n) is 5.10. The fraction of sp³-hybridized carbons (Fsp3) is 0.286. The van der Waals surface area contributed by atoms with Crippen molar-refractivity contribution >= 4 is 29.0 Å². The molecule has 1 heterocycles. The molecule has 1 N–H and O–H groups in total. The van der Waals surface area contributed by atoms with E-state index in [0.717, 1.165) is 6.07 Å². The van der Waals surface area contributed by atoms with Gasteiger partial charge >= 0.3 is 5.82 Å². The minimum atomic E-state index is -0.589. The maximum atomic E-state index is 13.1. The predicted molar refractivity (Wildman–Crippen MR) is 82.8 cm³/mol. The quantitative estimate of drug-likeness (QED) is 0.668. The highest BCUT2D eigenvalue weighted by Crippen LogP contribution is 2.20. The third kappa shape index (κ3) is 4.04. The van der Waals surface area contributed by atoms with Crippen molar-refractivity contribution in [1.82, 2.24) is 9.78 Å². The van der Waals surface area contributed by atoms with E-state index in [9.17, 15) is 19.3 Å². The van der Waals surface area contributed by atoms with Crippen LogP contribution in [0.25, 0.3) is 0 Å². The molecular weight excluding hydrogens is 327 g/mol. The van der Waals surface area contributed by atoms with Gasteiger partial charge in [-0.25, -0.2) is 4.39 Å². The van der Waals surface area contributed by atoms with Crippen LogP contribution in [0.3, 0.4) is 0 Å². The zero-order valence-corrected chi connectivity index (χ0v) is 13.2. The summed E-state index contributed by atoms with van der Waals surface area (Å²) in [6.07, 6.45) is 0. The Labute approximate surface area is 136 Å². The van der Waals surface area contributed by atoms with Gasteiger partial charge in [0, 0.05) is 5.69 Å². The molecule has 0 aliphatic rings. The Balaban J connectivity index is 2.05. The SMILES string of the molecule is Cc1cc([N+](=O)[O-])nn1C[C@@H](C)C(=O)Nc1ccc(F)c(Cl)c1. The number of carbonyl (C=O) groups is 1. The Hall–Kier alpha value is -2.48. The van der Waals surface area contributed by atoms with E-state index in [4.69, 9.17) is 11.6 Å². The highest BCUT2D eigenvalue weighted by molar-refractivity contribution is 6.31. The largest absolute Gasteiger partial charge is 0.390 e. The van der Waals surface area contributed by atoms with Crippen LogP contribution in [0.1, 0.15) is 12.6 Å². The number of benzene rings is 1. The van der Waals surface area contributed by atoms with Gasteiger partial charge in [-0.1, -0.05) is 18.5 Å². The number of aromatic nitrogens is 2. The van der Waals surface area contributed by atoms with Gasteiger partial charge in [-0.3, -0.25) is 4.79 Å². The summed E-state index contributed by atoms with van der Waals surface area (Å²) >= 11 is 5.66. The van der Waals surface area contributed by atoms with Crippen LogP contribution in [0.4, 0.5) is 15.9 Å². The zero-order valence-electron chi connectivity index (χ0n) is 12.4. The van der Waals surface area contributed by atoms with Crippen LogP contribution < -0.4 is 5.32 Å². The number of nitrogens with zero attached hydrogens (tertiary/aromatic N) is 3. The molecule has 0 fully saturated rings. The lowest BCUT2D eigenvalue weighted by atomic mass is 10.1. The molecule has 0 radical (unpaired) electrons. The first-order valence-corrected chi connectivity index (χ1v) is 7.10. The molecule has 1 atom stereocenters. The number of anilines is 1. The van der Waals surface area contributed by atoms with Crippen LogP contribution in [0.5, 0.6) is 0 Å². The molecule has 2 rings (SSSR count). The second kappa shape index (κ2) is 6.74. The monoisotopic (exact) mass is 340 g/mol. The van der Waals surface area contributed by atoms with Gasteiger partial charge in [0.2, 0.25) is 5.91 Å². The lowest BCUT2D eigenvalue weighted by Gasteiger charge is -2.12. The van der Waals surface area contributed by atoms with E-state index in [1.165, 1.54) is 22.9 Å². The second-order valence-corrected chi connectivity index (χ2v) is 5.51. The van der Waals surface area contributed by atoms with Crippen LogP contribution in [0.15, 0.2) is 24.3 Å². The standard InChI is InChI=1S/C14H14ClFN4O3/c1-8(7-19-9(2)5-13(18-19)20(22)23)14(21)17-10-3-4-12(16)11(15)6-10/h3-6,8H,7H2,1-2H3,(H,17,21)/t8-/m1/s1. The van der Waals surface area contributed by atoms with Gasteiger partial charge in [0.25, 0.3) is 0 Å². The van der Waals surface area contributed by atoms with E-state index in [-0.39, 0.29) is 23.3 Å². The highest BCUT2D eigenvalue weighted by atomic mass is 35.5.